The van der Waals surface area contributed by atoms with Crippen LogP contribution in [0.2, 0.25) is 0 Å². The SMILES string of the molecule is COC(=O)NC1Cc2ccccc2N(C(=O)CC(C)(C)C[C@H](N)[C@@H](O)CNC(=O)C(C)(C)c2c[nH]c3ccccc23)C1. The molecule has 2 aromatic carbocycles. The number of nitrogens with zero attached hydrogens (tertiary/aromatic N) is 1. The molecule has 0 radical (unpaired) electrons. The Morgan fingerprint density at radius 2 is 1.81 bits per heavy atom. The lowest BCUT2D eigenvalue weighted by Crippen LogP contribution is -2.51. The summed E-state index contributed by atoms with van der Waals surface area (Å²) in [4.78, 5) is 43.5. The molecule has 1 unspecified atom stereocenters. The molecule has 0 saturated heterocycles. The first-order valence-electron chi connectivity index (χ1n) is 14.3. The smallest absolute Gasteiger partial charge is 0.407 e. The number of para-hydroxylation sites is 2. The topological polar surface area (TPSA) is 150 Å². The Kier molecular flexibility index (Phi) is 9.27. The number of anilines is 1. The Balaban J connectivity index is 1.35. The molecule has 0 spiro atoms. The van der Waals surface area contributed by atoms with Crippen LogP contribution in [0.5, 0.6) is 0 Å². The number of H-pyrrole nitrogens is 1. The molecule has 2 heterocycles. The number of rotatable bonds is 10. The number of hydrogen-bond donors (Lipinski definition) is 5. The van der Waals surface area contributed by atoms with Crippen LogP contribution in [0.3, 0.4) is 0 Å². The summed E-state index contributed by atoms with van der Waals surface area (Å²) in [5.74, 6) is -0.314. The monoisotopic (exact) mass is 577 g/mol. The average molecular weight is 578 g/mol. The Hall–Kier alpha value is -3.89. The molecule has 4 rings (SSSR count). The predicted molar refractivity (Wildman–Crippen MR) is 163 cm³/mol. The molecule has 42 heavy (non-hydrogen) atoms. The molecular formula is C32H43N5O5. The molecule has 0 fully saturated rings. The second-order valence-corrected chi connectivity index (χ2v) is 12.5. The number of aromatic amines is 1. The number of fused-ring (bicyclic) bond motifs is 2. The van der Waals surface area contributed by atoms with Crippen LogP contribution in [-0.2, 0) is 26.2 Å². The van der Waals surface area contributed by atoms with Gasteiger partial charge in [-0.3, -0.25) is 9.59 Å². The highest BCUT2D eigenvalue weighted by molar-refractivity contribution is 5.96. The molecule has 1 aromatic heterocycles. The predicted octanol–water partition coefficient (Wildman–Crippen LogP) is 3.37. The first-order valence-corrected chi connectivity index (χ1v) is 14.3. The fraction of sp³-hybridized carbons (Fsp3) is 0.469. The van der Waals surface area contributed by atoms with Crippen LogP contribution in [0, 0.1) is 5.41 Å². The molecule has 10 nitrogen and oxygen atoms in total. The van der Waals surface area contributed by atoms with E-state index in [9.17, 15) is 19.5 Å². The Morgan fingerprint density at radius 3 is 2.55 bits per heavy atom. The first-order chi connectivity index (χ1) is 19.8. The minimum absolute atomic E-state index is 0.00378. The number of hydrogen-bond acceptors (Lipinski definition) is 6. The highest BCUT2D eigenvalue weighted by Crippen LogP contribution is 2.33. The lowest BCUT2D eigenvalue weighted by atomic mass is 9.80. The van der Waals surface area contributed by atoms with Crippen molar-refractivity contribution in [3.63, 3.8) is 0 Å². The van der Waals surface area contributed by atoms with Gasteiger partial charge < -0.3 is 36.1 Å². The van der Waals surface area contributed by atoms with E-state index in [1.165, 1.54) is 7.11 Å². The second-order valence-electron chi connectivity index (χ2n) is 12.5. The molecule has 0 aliphatic carbocycles. The number of alkyl carbamates (subject to hydrolysis) is 1. The highest BCUT2D eigenvalue weighted by Gasteiger charge is 2.35. The summed E-state index contributed by atoms with van der Waals surface area (Å²) in [6, 6.07) is 14.5. The zero-order valence-electron chi connectivity index (χ0n) is 25.1. The van der Waals surface area contributed by atoms with Gasteiger partial charge in [-0.25, -0.2) is 4.79 Å². The van der Waals surface area contributed by atoms with Gasteiger partial charge in [0.1, 0.15) is 0 Å². The van der Waals surface area contributed by atoms with E-state index in [0.29, 0.717) is 19.4 Å². The zero-order valence-corrected chi connectivity index (χ0v) is 25.1. The van der Waals surface area contributed by atoms with Gasteiger partial charge in [-0.1, -0.05) is 50.2 Å². The summed E-state index contributed by atoms with van der Waals surface area (Å²) in [7, 11) is 1.31. The van der Waals surface area contributed by atoms with Crippen molar-refractivity contribution in [3.05, 3.63) is 65.9 Å². The molecule has 10 heteroatoms. The summed E-state index contributed by atoms with van der Waals surface area (Å²) >= 11 is 0. The number of ether oxygens (including phenoxy) is 1. The normalized spacial score (nSPS) is 16.8. The van der Waals surface area contributed by atoms with Gasteiger partial charge in [-0.2, -0.15) is 0 Å². The van der Waals surface area contributed by atoms with Crippen molar-refractivity contribution < 1.29 is 24.2 Å². The summed E-state index contributed by atoms with van der Waals surface area (Å²) in [6.45, 7) is 7.91. The van der Waals surface area contributed by atoms with Crippen molar-refractivity contribution in [2.45, 2.75) is 70.6 Å². The number of methoxy groups -OCH3 is 1. The molecule has 1 aliphatic rings. The summed E-state index contributed by atoms with van der Waals surface area (Å²) in [5.41, 5.74) is 8.64. The van der Waals surface area contributed by atoms with Gasteiger partial charge in [-0.15, -0.1) is 0 Å². The lowest BCUT2D eigenvalue weighted by Gasteiger charge is -2.37. The van der Waals surface area contributed by atoms with Gasteiger partial charge in [0.05, 0.1) is 24.7 Å². The van der Waals surface area contributed by atoms with Crippen LogP contribution in [0.15, 0.2) is 54.7 Å². The number of carbonyl (C=O) groups is 3. The van der Waals surface area contributed by atoms with Gasteiger partial charge >= 0.3 is 6.09 Å². The largest absolute Gasteiger partial charge is 0.453 e. The van der Waals surface area contributed by atoms with Crippen molar-refractivity contribution in [1.82, 2.24) is 15.6 Å². The van der Waals surface area contributed by atoms with Crippen molar-refractivity contribution in [2.75, 3.05) is 25.1 Å². The van der Waals surface area contributed by atoms with Crippen molar-refractivity contribution in [3.8, 4) is 0 Å². The van der Waals surface area contributed by atoms with Crippen LogP contribution in [-0.4, -0.2) is 66.4 Å². The standard InChI is InChI=1S/C32H43N5O5/c1-31(2,16-28(39)37-19-21(36-30(41)42-5)14-20-10-6-9-13-26(20)37)15-24(33)27(38)18-35-29(40)32(3,4)23-17-34-25-12-8-7-11-22(23)25/h6-13,17,21,24,27,34,38H,14-16,18-19,33H2,1-5H3,(H,35,40)(H,36,41)/t21?,24-,27-/m0/s1. The summed E-state index contributed by atoms with van der Waals surface area (Å²) < 4.78 is 4.75. The van der Waals surface area contributed by atoms with E-state index in [1.807, 2.05) is 82.4 Å². The number of aromatic nitrogens is 1. The molecule has 0 saturated carbocycles. The Labute approximate surface area is 247 Å². The third-order valence-electron chi connectivity index (χ3n) is 8.17. The number of benzene rings is 2. The molecule has 6 N–H and O–H groups in total. The molecule has 0 bridgehead atoms. The number of nitrogens with one attached hydrogen (secondary N) is 3. The van der Waals surface area contributed by atoms with E-state index in [-0.39, 0.29) is 30.8 Å². The van der Waals surface area contributed by atoms with Crippen LogP contribution in [0.25, 0.3) is 10.9 Å². The second kappa shape index (κ2) is 12.5. The van der Waals surface area contributed by atoms with Gasteiger partial charge in [0.15, 0.2) is 0 Å². The van der Waals surface area contributed by atoms with E-state index < -0.39 is 29.1 Å². The van der Waals surface area contributed by atoms with E-state index >= 15 is 0 Å². The van der Waals surface area contributed by atoms with Crippen LogP contribution < -0.4 is 21.3 Å². The number of carbonyl (C=O) groups excluding carboxylic acids is 3. The summed E-state index contributed by atoms with van der Waals surface area (Å²) in [6.07, 6.45) is 1.46. The first kappa shape index (κ1) is 31.1. The number of aliphatic hydroxyl groups excluding tert-OH is 1. The Morgan fingerprint density at radius 1 is 1.12 bits per heavy atom. The van der Waals surface area contributed by atoms with Crippen LogP contribution in [0.1, 0.15) is 51.7 Å². The van der Waals surface area contributed by atoms with Crippen LogP contribution >= 0.6 is 0 Å². The van der Waals surface area contributed by atoms with Gasteiger partial charge in [0, 0.05) is 48.3 Å². The van der Waals surface area contributed by atoms with E-state index in [4.69, 9.17) is 10.5 Å². The van der Waals surface area contributed by atoms with Crippen molar-refractivity contribution in [2.24, 2.45) is 11.1 Å². The highest BCUT2D eigenvalue weighted by atomic mass is 16.5. The minimum Gasteiger partial charge on any atom is -0.453 e. The van der Waals surface area contributed by atoms with E-state index in [2.05, 4.69) is 15.6 Å². The van der Waals surface area contributed by atoms with Gasteiger partial charge in [0.2, 0.25) is 11.8 Å². The molecular weight excluding hydrogens is 534 g/mol. The van der Waals surface area contributed by atoms with Crippen LogP contribution in [0.4, 0.5) is 10.5 Å². The van der Waals surface area contributed by atoms with E-state index in [0.717, 1.165) is 27.7 Å². The molecule has 3 atom stereocenters. The number of amides is 3. The molecule has 3 aromatic rings. The molecule has 3 amide bonds. The van der Waals surface area contributed by atoms with E-state index in [1.54, 1.807) is 4.90 Å². The zero-order chi connectivity index (χ0) is 30.7. The summed E-state index contributed by atoms with van der Waals surface area (Å²) in [5, 5.41) is 17.5. The minimum atomic E-state index is -0.994. The third-order valence-corrected chi connectivity index (χ3v) is 8.17. The fourth-order valence-electron chi connectivity index (χ4n) is 5.79. The average Bonchev–Trinajstić information content (AvgIpc) is 3.39. The van der Waals surface area contributed by atoms with Gasteiger partial charge in [-0.05, 0) is 55.4 Å². The fourth-order valence-corrected chi connectivity index (χ4v) is 5.79. The van der Waals surface area contributed by atoms with Gasteiger partial charge in [0.25, 0.3) is 0 Å². The quantitative estimate of drug-likeness (QED) is 0.249. The third kappa shape index (κ3) is 6.94. The molecule has 1 aliphatic heterocycles. The number of aliphatic hydroxyl groups is 1. The van der Waals surface area contributed by atoms with Crippen molar-refractivity contribution in [1.29, 1.82) is 0 Å². The maximum absolute atomic E-state index is 13.6. The van der Waals surface area contributed by atoms with Crippen molar-refractivity contribution >= 4 is 34.5 Å². The lowest BCUT2D eigenvalue weighted by molar-refractivity contribution is -0.126. The molecule has 226 valence electrons. The maximum Gasteiger partial charge on any atom is 0.407 e. The maximum atomic E-state index is 13.6. The Bertz CT molecular complexity index is 1430. The number of nitrogens with two attached hydrogens (primary N) is 1.